The molecule has 3 atom stereocenters. The van der Waals surface area contributed by atoms with Gasteiger partial charge in [-0.25, -0.2) is 0 Å². The minimum Gasteiger partial charge on any atom is -0.361 e. The van der Waals surface area contributed by atoms with Crippen molar-refractivity contribution in [3.05, 3.63) is 36.0 Å². The lowest BCUT2D eigenvalue weighted by molar-refractivity contribution is -0.137. The monoisotopic (exact) mass is 465 g/mol. The van der Waals surface area contributed by atoms with Crippen molar-refractivity contribution in [1.29, 1.82) is 0 Å². The molecule has 2 amide bonds. The normalized spacial score (nSPS) is 24.4. The second-order valence-corrected chi connectivity index (χ2v) is 12.0. The van der Waals surface area contributed by atoms with Gasteiger partial charge in [-0.15, -0.1) is 0 Å². The molecule has 2 heterocycles. The van der Waals surface area contributed by atoms with Crippen LogP contribution >= 0.6 is 0 Å². The van der Waals surface area contributed by atoms with Crippen LogP contribution in [0.25, 0.3) is 10.9 Å². The van der Waals surface area contributed by atoms with Crippen LogP contribution in [0.5, 0.6) is 0 Å². The molecule has 0 radical (unpaired) electrons. The number of benzene rings is 1. The number of carbonyl (C=O) groups excluding carboxylic acids is 2. The maximum atomic E-state index is 14.0. The number of carbonyl (C=O) groups is 2. The Morgan fingerprint density at radius 3 is 2.68 bits per heavy atom. The number of hydrogen-bond donors (Lipinski definition) is 2. The highest BCUT2D eigenvalue weighted by Crippen LogP contribution is 2.52. The van der Waals surface area contributed by atoms with Gasteiger partial charge in [-0.3, -0.25) is 9.59 Å². The van der Waals surface area contributed by atoms with Crippen LogP contribution in [-0.2, 0) is 16.0 Å². The van der Waals surface area contributed by atoms with Crippen molar-refractivity contribution < 1.29 is 9.59 Å². The molecule has 3 unspecified atom stereocenters. The van der Waals surface area contributed by atoms with Crippen LogP contribution in [0.3, 0.4) is 0 Å². The van der Waals surface area contributed by atoms with E-state index >= 15 is 0 Å². The van der Waals surface area contributed by atoms with Crippen molar-refractivity contribution in [3.63, 3.8) is 0 Å². The molecule has 4 rings (SSSR count). The van der Waals surface area contributed by atoms with E-state index in [0.717, 1.165) is 55.1 Å². The standard InChI is InChI=1S/C29H43N3O2/c1-5-6-7-8-9-14-26(33)31-25(15-21-18-30-24-13-11-10-12-23(21)24)27(34)32-20-29(4)17-22(32)16-28(2,3)19-29/h10-13,18,22,25,30H,5-9,14-17,19-20H2,1-4H3,(H,31,33). The van der Waals surface area contributed by atoms with E-state index in [2.05, 4.69) is 55.0 Å². The number of aromatic amines is 1. The van der Waals surface area contributed by atoms with E-state index in [9.17, 15) is 9.59 Å². The number of nitrogens with one attached hydrogen (secondary N) is 2. The van der Waals surface area contributed by atoms with Gasteiger partial charge in [-0.1, -0.05) is 71.6 Å². The Morgan fingerprint density at radius 2 is 1.88 bits per heavy atom. The fourth-order valence-electron chi connectivity index (χ4n) is 6.79. The summed E-state index contributed by atoms with van der Waals surface area (Å²) in [6.07, 6.45) is 11.8. The molecule has 5 nitrogen and oxygen atoms in total. The van der Waals surface area contributed by atoms with Crippen LogP contribution in [0.4, 0.5) is 0 Å². The summed E-state index contributed by atoms with van der Waals surface area (Å²) in [7, 11) is 0. The SMILES string of the molecule is CCCCCCCC(=O)NC(Cc1c[nH]c2ccccc12)C(=O)N1CC2(C)CC1CC(C)(C)C2. The molecule has 1 aromatic heterocycles. The van der Waals surface area contributed by atoms with E-state index in [0.29, 0.717) is 12.8 Å². The van der Waals surface area contributed by atoms with Gasteiger partial charge >= 0.3 is 0 Å². The minimum atomic E-state index is -0.520. The number of nitrogens with zero attached hydrogens (tertiary/aromatic N) is 1. The zero-order valence-electron chi connectivity index (χ0n) is 21.6. The largest absolute Gasteiger partial charge is 0.361 e. The predicted octanol–water partition coefficient (Wildman–Crippen LogP) is 5.98. The average Bonchev–Trinajstić information content (AvgIpc) is 3.29. The zero-order valence-corrected chi connectivity index (χ0v) is 21.6. The molecule has 1 aliphatic carbocycles. The van der Waals surface area contributed by atoms with Gasteiger partial charge in [0, 0.05) is 42.5 Å². The molecule has 2 N–H and O–H groups in total. The molecule has 186 valence electrons. The molecular formula is C29H43N3O2. The van der Waals surface area contributed by atoms with Crippen LogP contribution in [0, 0.1) is 10.8 Å². The van der Waals surface area contributed by atoms with Crippen molar-refractivity contribution in [1.82, 2.24) is 15.2 Å². The minimum absolute atomic E-state index is 0.00315. The molecule has 1 aliphatic heterocycles. The summed E-state index contributed by atoms with van der Waals surface area (Å²) >= 11 is 0. The van der Waals surface area contributed by atoms with Gasteiger partial charge in [-0.05, 0) is 48.1 Å². The number of likely N-dealkylation sites (tertiary alicyclic amines) is 1. The Kier molecular flexibility index (Phi) is 7.39. The third kappa shape index (κ3) is 5.67. The predicted molar refractivity (Wildman–Crippen MR) is 139 cm³/mol. The Hall–Kier alpha value is -2.30. The maximum absolute atomic E-state index is 14.0. The lowest BCUT2D eigenvalue weighted by Crippen LogP contribution is -2.51. The number of hydrogen-bond acceptors (Lipinski definition) is 2. The quantitative estimate of drug-likeness (QED) is 0.424. The molecule has 2 fully saturated rings. The number of aromatic nitrogens is 1. The highest BCUT2D eigenvalue weighted by atomic mass is 16.2. The highest BCUT2D eigenvalue weighted by Gasteiger charge is 2.51. The Balaban J connectivity index is 1.50. The van der Waals surface area contributed by atoms with E-state index in [1.165, 1.54) is 19.3 Å². The molecule has 1 saturated heterocycles. The van der Waals surface area contributed by atoms with Crippen LogP contribution in [-0.4, -0.2) is 40.3 Å². The molecule has 0 spiro atoms. The van der Waals surface area contributed by atoms with Crippen molar-refractivity contribution >= 4 is 22.7 Å². The summed E-state index contributed by atoms with van der Waals surface area (Å²) in [5, 5.41) is 4.28. The van der Waals surface area contributed by atoms with Crippen molar-refractivity contribution in [2.24, 2.45) is 10.8 Å². The first-order chi connectivity index (χ1) is 16.2. The Morgan fingerprint density at radius 1 is 1.12 bits per heavy atom. The number of rotatable bonds is 10. The van der Waals surface area contributed by atoms with E-state index in [-0.39, 0.29) is 28.7 Å². The number of fused-ring (bicyclic) bond motifs is 3. The lowest BCUT2D eigenvalue weighted by Gasteiger charge is -2.39. The fraction of sp³-hybridized carbons (Fsp3) is 0.655. The molecule has 34 heavy (non-hydrogen) atoms. The molecule has 1 saturated carbocycles. The van der Waals surface area contributed by atoms with Crippen LogP contribution in [0.1, 0.15) is 91.0 Å². The summed E-state index contributed by atoms with van der Waals surface area (Å²) in [6.45, 7) is 9.99. The summed E-state index contributed by atoms with van der Waals surface area (Å²) in [4.78, 5) is 32.3. The van der Waals surface area contributed by atoms with E-state index in [4.69, 9.17) is 0 Å². The molecule has 2 aromatic rings. The second-order valence-electron chi connectivity index (χ2n) is 12.0. The van der Waals surface area contributed by atoms with E-state index in [1.807, 2.05) is 18.3 Å². The Bertz CT molecular complexity index is 1010. The topological polar surface area (TPSA) is 65.2 Å². The van der Waals surface area contributed by atoms with E-state index in [1.54, 1.807) is 0 Å². The fourth-order valence-corrected chi connectivity index (χ4v) is 6.79. The molecule has 2 bridgehead atoms. The first-order valence-corrected chi connectivity index (χ1v) is 13.3. The molecule has 1 aromatic carbocycles. The molecular weight excluding hydrogens is 422 g/mol. The first-order valence-electron chi connectivity index (χ1n) is 13.3. The lowest BCUT2D eigenvalue weighted by atomic mass is 9.65. The van der Waals surface area contributed by atoms with Crippen molar-refractivity contribution in [2.75, 3.05) is 6.54 Å². The van der Waals surface area contributed by atoms with Gasteiger partial charge < -0.3 is 15.2 Å². The zero-order chi connectivity index (χ0) is 24.3. The molecule has 5 heteroatoms. The molecule has 2 aliphatic rings. The maximum Gasteiger partial charge on any atom is 0.245 e. The third-order valence-corrected chi connectivity index (χ3v) is 7.94. The second kappa shape index (κ2) is 10.1. The summed E-state index contributed by atoms with van der Waals surface area (Å²) in [5.41, 5.74) is 2.58. The van der Waals surface area contributed by atoms with Gasteiger partial charge in [0.05, 0.1) is 0 Å². The Labute approximate surface area is 205 Å². The van der Waals surface area contributed by atoms with Crippen LogP contribution in [0.15, 0.2) is 30.5 Å². The smallest absolute Gasteiger partial charge is 0.245 e. The van der Waals surface area contributed by atoms with Crippen LogP contribution in [0.2, 0.25) is 0 Å². The van der Waals surface area contributed by atoms with Crippen molar-refractivity contribution in [2.45, 2.75) is 104 Å². The van der Waals surface area contributed by atoms with E-state index < -0.39 is 6.04 Å². The third-order valence-electron chi connectivity index (χ3n) is 7.94. The first kappa shape index (κ1) is 24.8. The summed E-state index contributed by atoms with van der Waals surface area (Å²) < 4.78 is 0. The number of amides is 2. The summed E-state index contributed by atoms with van der Waals surface area (Å²) in [6, 6.07) is 7.93. The summed E-state index contributed by atoms with van der Waals surface area (Å²) in [5.74, 6) is 0.0967. The van der Waals surface area contributed by atoms with Gasteiger partial charge in [0.2, 0.25) is 11.8 Å². The van der Waals surface area contributed by atoms with Crippen LogP contribution < -0.4 is 5.32 Å². The van der Waals surface area contributed by atoms with Crippen molar-refractivity contribution in [3.8, 4) is 0 Å². The number of H-pyrrole nitrogens is 1. The van der Waals surface area contributed by atoms with Gasteiger partial charge in [0.25, 0.3) is 0 Å². The highest BCUT2D eigenvalue weighted by molar-refractivity contribution is 5.90. The van der Waals surface area contributed by atoms with Gasteiger partial charge in [-0.2, -0.15) is 0 Å². The number of para-hydroxylation sites is 1. The number of unbranched alkanes of at least 4 members (excludes halogenated alkanes) is 4. The van der Waals surface area contributed by atoms with Gasteiger partial charge in [0.15, 0.2) is 0 Å². The average molecular weight is 466 g/mol. The van der Waals surface area contributed by atoms with Gasteiger partial charge in [0.1, 0.15) is 6.04 Å².